The maximum absolute atomic E-state index is 5.73. The third-order valence-corrected chi connectivity index (χ3v) is 5.23. The van der Waals surface area contributed by atoms with E-state index in [1.165, 1.54) is 4.88 Å². The van der Waals surface area contributed by atoms with Crippen molar-refractivity contribution in [3.05, 3.63) is 28.6 Å². The Hall–Kier alpha value is -0.790. The molecule has 0 aromatic carbocycles. The molecule has 0 saturated carbocycles. The van der Waals surface area contributed by atoms with E-state index < -0.39 is 0 Å². The molecule has 1 aliphatic rings. The number of likely N-dealkylation sites (N-methyl/N-ethyl adjacent to an activating group) is 1. The highest BCUT2D eigenvalue weighted by molar-refractivity contribution is 7.20. The van der Waals surface area contributed by atoms with Gasteiger partial charge < -0.3 is 15.0 Å². The second kappa shape index (κ2) is 6.78. The molecule has 0 bridgehead atoms. The van der Waals surface area contributed by atoms with Gasteiger partial charge in [0.1, 0.15) is 5.01 Å². The first-order chi connectivity index (χ1) is 9.81. The second-order valence-electron chi connectivity index (χ2n) is 5.01. The number of hydrogen-bond donors (Lipinski definition) is 1. The molecule has 20 heavy (non-hydrogen) atoms. The summed E-state index contributed by atoms with van der Waals surface area (Å²) >= 11 is 3.45. The van der Waals surface area contributed by atoms with Crippen LogP contribution < -0.4 is 5.32 Å². The van der Waals surface area contributed by atoms with E-state index in [-0.39, 0.29) is 0 Å². The predicted octanol–water partition coefficient (Wildman–Crippen LogP) is 2.29. The zero-order chi connectivity index (χ0) is 13.8. The number of morpholine rings is 1. The zero-order valence-corrected chi connectivity index (χ0v) is 13.2. The van der Waals surface area contributed by atoms with Crippen LogP contribution in [0.2, 0.25) is 0 Å². The van der Waals surface area contributed by atoms with E-state index in [0.29, 0.717) is 6.10 Å². The van der Waals surface area contributed by atoms with Gasteiger partial charge in [-0.1, -0.05) is 6.07 Å². The van der Waals surface area contributed by atoms with Gasteiger partial charge in [-0.05, 0) is 18.5 Å². The summed E-state index contributed by atoms with van der Waals surface area (Å²) in [5, 5.41) is 8.79. The minimum atomic E-state index is 0.296. The number of thiazole rings is 1. The van der Waals surface area contributed by atoms with Crippen molar-refractivity contribution >= 4 is 22.7 Å². The Morgan fingerprint density at radius 2 is 2.45 bits per heavy atom. The van der Waals surface area contributed by atoms with Gasteiger partial charge in [0.2, 0.25) is 0 Å². The number of hydrogen-bond acceptors (Lipinski definition) is 6. The zero-order valence-electron chi connectivity index (χ0n) is 11.5. The molecule has 108 valence electrons. The van der Waals surface area contributed by atoms with E-state index in [9.17, 15) is 0 Å². The van der Waals surface area contributed by atoms with Crippen molar-refractivity contribution in [2.75, 3.05) is 33.3 Å². The van der Waals surface area contributed by atoms with Crippen molar-refractivity contribution in [1.82, 2.24) is 15.2 Å². The molecule has 0 aliphatic carbocycles. The predicted molar refractivity (Wildman–Crippen MR) is 84.4 cm³/mol. The highest BCUT2D eigenvalue weighted by atomic mass is 32.1. The third-order valence-electron chi connectivity index (χ3n) is 3.30. The number of nitrogens with zero attached hydrogens (tertiary/aromatic N) is 2. The van der Waals surface area contributed by atoms with Crippen LogP contribution in [0.15, 0.2) is 22.9 Å². The Bertz CT molecular complexity index is 526. The Balaban J connectivity index is 1.47. The minimum Gasteiger partial charge on any atom is -0.374 e. The Kier molecular flexibility index (Phi) is 4.80. The van der Waals surface area contributed by atoms with Gasteiger partial charge in [-0.25, -0.2) is 4.98 Å². The molecule has 2 aromatic rings. The maximum atomic E-state index is 5.73. The van der Waals surface area contributed by atoms with Crippen molar-refractivity contribution in [2.45, 2.75) is 12.6 Å². The average molecular weight is 309 g/mol. The van der Waals surface area contributed by atoms with Crippen LogP contribution in [0.4, 0.5) is 0 Å². The van der Waals surface area contributed by atoms with E-state index in [1.54, 1.807) is 22.7 Å². The molecular formula is C14H19N3OS2. The van der Waals surface area contributed by atoms with Crippen LogP contribution in [0.3, 0.4) is 0 Å². The molecule has 6 heteroatoms. The second-order valence-corrected chi connectivity index (χ2v) is 6.81. The quantitative estimate of drug-likeness (QED) is 0.919. The van der Waals surface area contributed by atoms with E-state index in [4.69, 9.17) is 4.74 Å². The Morgan fingerprint density at radius 3 is 3.25 bits per heavy atom. The first-order valence-corrected chi connectivity index (χ1v) is 8.56. The smallest absolute Gasteiger partial charge is 0.133 e. The van der Waals surface area contributed by atoms with Gasteiger partial charge in [-0.15, -0.1) is 22.7 Å². The molecule has 0 amide bonds. The topological polar surface area (TPSA) is 37.4 Å². The SMILES string of the molecule is CN1CCO[C@@H](CNCc2csc(-c3cccs3)n2)C1. The maximum Gasteiger partial charge on any atom is 0.133 e. The fraction of sp³-hybridized carbons (Fsp3) is 0.500. The van der Waals surface area contributed by atoms with Crippen molar-refractivity contribution in [3.63, 3.8) is 0 Å². The van der Waals surface area contributed by atoms with Gasteiger partial charge >= 0.3 is 0 Å². The number of rotatable bonds is 5. The van der Waals surface area contributed by atoms with Gasteiger partial charge in [-0.3, -0.25) is 0 Å². The molecule has 0 radical (unpaired) electrons. The molecule has 4 nitrogen and oxygen atoms in total. The van der Waals surface area contributed by atoms with E-state index >= 15 is 0 Å². The summed E-state index contributed by atoms with van der Waals surface area (Å²) in [6, 6.07) is 4.18. The van der Waals surface area contributed by atoms with Gasteiger partial charge in [0.25, 0.3) is 0 Å². The lowest BCUT2D eigenvalue weighted by Crippen LogP contribution is -2.44. The summed E-state index contributed by atoms with van der Waals surface area (Å²) in [5.41, 5.74) is 1.11. The van der Waals surface area contributed by atoms with Crippen LogP contribution in [0.5, 0.6) is 0 Å². The van der Waals surface area contributed by atoms with E-state index in [0.717, 1.165) is 43.5 Å². The molecule has 1 aliphatic heterocycles. The normalized spacial score (nSPS) is 20.4. The van der Waals surface area contributed by atoms with Gasteiger partial charge in [0.15, 0.2) is 0 Å². The lowest BCUT2D eigenvalue weighted by atomic mass is 10.3. The largest absolute Gasteiger partial charge is 0.374 e. The highest BCUT2D eigenvalue weighted by Crippen LogP contribution is 2.27. The minimum absolute atomic E-state index is 0.296. The number of nitrogens with one attached hydrogen (secondary N) is 1. The standard InChI is InChI=1S/C14H19N3OS2/c1-17-4-5-18-12(9-17)8-15-7-11-10-20-14(16-11)13-3-2-6-19-13/h2-3,6,10,12,15H,4-5,7-9H2,1H3/t12-/m0/s1. The summed E-state index contributed by atoms with van der Waals surface area (Å²) in [6.45, 7) is 4.57. The fourth-order valence-electron chi connectivity index (χ4n) is 2.25. The monoisotopic (exact) mass is 309 g/mol. The molecule has 0 unspecified atom stereocenters. The van der Waals surface area contributed by atoms with Crippen LogP contribution in [0.1, 0.15) is 5.69 Å². The lowest BCUT2D eigenvalue weighted by Gasteiger charge is -2.30. The number of thiophene rings is 1. The molecule has 1 atom stereocenters. The van der Waals surface area contributed by atoms with Crippen LogP contribution in [0, 0.1) is 0 Å². The van der Waals surface area contributed by atoms with Crippen molar-refractivity contribution in [3.8, 4) is 9.88 Å². The van der Waals surface area contributed by atoms with Gasteiger partial charge in [-0.2, -0.15) is 0 Å². The molecular weight excluding hydrogens is 290 g/mol. The lowest BCUT2D eigenvalue weighted by molar-refractivity contribution is -0.0182. The Morgan fingerprint density at radius 1 is 1.50 bits per heavy atom. The van der Waals surface area contributed by atoms with Gasteiger partial charge in [0, 0.05) is 31.6 Å². The summed E-state index contributed by atoms with van der Waals surface area (Å²) < 4.78 is 5.73. The fourth-order valence-corrected chi connectivity index (χ4v) is 3.89. The van der Waals surface area contributed by atoms with Crippen LogP contribution in [-0.2, 0) is 11.3 Å². The van der Waals surface area contributed by atoms with Crippen LogP contribution in [0.25, 0.3) is 9.88 Å². The first kappa shape index (κ1) is 14.2. The summed E-state index contributed by atoms with van der Waals surface area (Å²) in [7, 11) is 2.14. The third kappa shape index (κ3) is 3.65. The van der Waals surface area contributed by atoms with Crippen LogP contribution in [-0.4, -0.2) is 49.3 Å². The number of aromatic nitrogens is 1. The molecule has 1 fully saturated rings. The average Bonchev–Trinajstić information content (AvgIpc) is 3.09. The van der Waals surface area contributed by atoms with Crippen LogP contribution >= 0.6 is 22.7 Å². The summed E-state index contributed by atoms with van der Waals surface area (Å²) in [6.07, 6.45) is 0.296. The molecule has 3 rings (SSSR count). The highest BCUT2D eigenvalue weighted by Gasteiger charge is 2.17. The first-order valence-electron chi connectivity index (χ1n) is 6.80. The molecule has 1 saturated heterocycles. The van der Waals surface area contributed by atoms with Crippen molar-refractivity contribution < 1.29 is 4.74 Å². The van der Waals surface area contributed by atoms with Crippen molar-refractivity contribution in [1.29, 1.82) is 0 Å². The van der Waals surface area contributed by atoms with E-state index in [1.807, 2.05) is 0 Å². The molecule has 0 spiro atoms. The molecule has 2 aromatic heterocycles. The molecule has 3 heterocycles. The van der Waals surface area contributed by atoms with Gasteiger partial charge in [0.05, 0.1) is 23.3 Å². The Labute approximate surface area is 127 Å². The summed E-state index contributed by atoms with van der Waals surface area (Å²) in [4.78, 5) is 8.23. The van der Waals surface area contributed by atoms with Crippen molar-refractivity contribution in [2.24, 2.45) is 0 Å². The van der Waals surface area contributed by atoms with E-state index in [2.05, 4.69) is 45.1 Å². The summed E-state index contributed by atoms with van der Waals surface area (Å²) in [5.74, 6) is 0. The number of ether oxygens (including phenoxy) is 1. The molecule has 1 N–H and O–H groups in total.